The minimum atomic E-state index is -0.784. The number of para-hydroxylation sites is 1. The normalized spacial score (nSPS) is 10.7. The molecule has 3 rings (SSSR count). The molecule has 0 unspecified atom stereocenters. The van der Waals surface area contributed by atoms with E-state index in [1.54, 1.807) is 11.3 Å². The molecule has 2 N–H and O–H groups in total. The minimum absolute atomic E-state index is 0.147. The van der Waals surface area contributed by atoms with Crippen LogP contribution in [-0.4, -0.2) is 27.6 Å². The summed E-state index contributed by atoms with van der Waals surface area (Å²) >= 11 is 1.60. The number of thiophene rings is 1. The Morgan fingerprint density at radius 2 is 2.05 bits per heavy atom. The van der Waals surface area contributed by atoms with Gasteiger partial charge in [0.15, 0.2) is 5.82 Å². The van der Waals surface area contributed by atoms with E-state index < -0.39 is 5.97 Å². The standard InChI is InChI=1S/C16H15N3O2S/c20-14(21)8-3-9-17-15-11-5-1-2-6-12(11)18-16(19-15)13-7-4-10-22-13/h1-2,4-7,10H,3,8-9H2,(H,20,21)(H,17,18,19). The summed E-state index contributed by atoms with van der Waals surface area (Å²) in [5, 5.41) is 14.9. The predicted octanol–water partition coefficient (Wildman–Crippen LogP) is 3.64. The molecule has 112 valence electrons. The molecule has 2 aromatic heterocycles. The molecule has 0 saturated heterocycles. The summed E-state index contributed by atoms with van der Waals surface area (Å²) in [4.78, 5) is 20.8. The lowest BCUT2D eigenvalue weighted by Crippen LogP contribution is -2.07. The number of fused-ring (bicyclic) bond motifs is 1. The number of rotatable bonds is 6. The molecular weight excluding hydrogens is 298 g/mol. The second-order valence-corrected chi connectivity index (χ2v) is 5.76. The number of aromatic nitrogens is 2. The van der Waals surface area contributed by atoms with Gasteiger partial charge in [-0.1, -0.05) is 18.2 Å². The topological polar surface area (TPSA) is 75.1 Å². The van der Waals surface area contributed by atoms with Crippen LogP contribution in [0.3, 0.4) is 0 Å². The van der Waals surface area contributed by atoms with Crippen LogP contribution < -0.4 is 5.32 Å². The summed E-state index contributed by atoms with van der Waals surface area (Å²) in [6.45, 7) is 0.567. The first-order valence-corrected chi connectivity index (χ1v) is 7.88. The van der Waals surface area contributed by atoms with Gasteiger partial charge >= 0.3 is 5.97 Å². The predicted molar refractivity (Wildman–Crippen MR) is 88.2 cm³/mol. The van der Waals surface area contributed by atoms with E-state index >= 15 is 0 Å². The van der Waals surface area contributed by atoms with Crippen molar-refractivity contribution in [2.24, 2.45) is 0 Å². The molecule has 0 spiro atoms. The van der Waals surface area contributed by atoms with Crippen molar-refractivity contribution in [1.82, 2.24) is 9.97 Å². The average Bonchev–Trinajstić information content (AvgIpc) is 3.05. The molecule has 1 aromatic carbocycles. The summed E-state index contributed by atoms with van der Waals surface area (Å²) in [5.41, 5.74) is 0.877. The van der Waals surface area contributed by atoms with Crippen LogP contribution in [0.1, 0.15) is 12.8 Å². The zero-order chi connectivity index (χ0) is 15.4. The van der Waals surface area contributed by atoms with E-state index in [4.69, 9.17) is 5.11 Å². The Balaban J connectivity index is 1.91. The Hall–Kier alpha value is -2.47. The van der Waals surface area contributed by atoms with E-state index in [-0.39, 0.29) is 6.42 Å². The molecule has 0 aliphatic rings. The molecule has 0 fully saturated rings. The maximum absolute atomic E-state index is 10.6. The molecule has 3 aromatic rings. The number of hydrogen-bond acceptors (Lipinski definition) is 5. The van der Waals surface area contributed by atoms with Crippen LogP contribution in [0.25, 0.3) is 21.6 Å². The third-order valence-corrected chi connectivity index (χ3v) is 4.07. The van der Waals surface area contributed by atoms with Gasteiger partial charge in [0.05, 0.1) is 10.4 Å². The second kappa shape index (κ2) is 6.53. The van der Waals surface area contributed by atoms with Crippen LogP contribution in [0.15, 0.2) is 41.8 Å². The van der Waals surface area contributed by atoms with E-state index in [9.17, 15) is 4.79 Å². The van der Waals surface area contributed by atoms with Crippen molar-refractivity contribution in [3.05, 3.63) is 41.8 Å². The number of anilines is 1. The van der Waals surface area contributed by atoms with Crippen LogP contribution in [-0.2, 0) is 4.79 Å². The molecule has 0 amide bonds. The molecule has 0 saturated carbocycles. The van der Waals surface area contributed by atoms with Crippen molar-refractivity contribution < 1.29 is 9.90 Å². The van der Waals surface area contributed by atoms with E-state index in [0.29, 0.717) is 18.8 Å². The Bertz CT molecular complexity index is 787. The van der Waals surface area contributed by atoms with E-state index in [1.165, 1.54) is 0 Å². The van der Waals surface area contributed by atoms with E-state index in [0.717, 1.165) is 21.6 Å². The quantitative estimate of drug-likeness (QED) is 0.680. The number of carboxylic acid groups (broad SMARTS) is 1. The first kappa shape index (κ1) is 14.5. The lowest BCUT2D eigenvalue weighted by atomic mass is 10.2. The molecule has 0 bridgehead atoms. The molecule has 0 radical (unpaired) electrons. The summed E-state index contributed by atoms with van der Waals surface area (Å²) in [6.07, 6.45) is 0.704. The molecule has 0 aliphatic carbocycles. The third-order valence-electron chi connectivity index (χ3n) is 3.20. The van der Waals surface area contributed by atoms with Crippen LogP contribution in [0.5, 0.6) is 0 Å². The van der Waals surface area contributed by atoms with Gasteiger partial charge < -0.3 is 10.4 Å². The molecule has 0 aliphatic heterocycles. The van der Waals surface area contributed by atoms with E-state index in [1.807, 2.05) is 41.8 Å². The Morgan fingerprint density at radius 1 is 1.18 bits per heavy atom. The van der Waals surface area contributed by atoms with Crippen molar-refractivity contribution >= 4 is 34.0 Å². The Labute approximate surface area is 131 Å². The molecule has 5 nitrogen and oxygen atoms in total. The maximum atomic E-state index is 10.6. The summed E-state index contributed by atoms with van der Waals surface area (Å²) in [5.74, 6) is 0.655. The van der Waals surface area contributed by atoms with Gasteiger partial charge in [-0.3, -0.25) is 4.79 Å². The largest absolute Gasteiger partial charge is 0.481 e. The number of carboxylic acids is 1. The molecule has 0 atom stereocenters. The van der Waals surface area contributed by atoms with Crippen LogP contribution in [0.4, 0.5) is 5.82 Å². The Morgan fingerprint density at radius 3 is 2.82 bits per heavy atom. The molecule has 22 heavy (non-hydrogen) atoms. The van der Waals surface area contributed by atoms with Crippen molar-refractivity contribution in [3.63, 3.8) is 0 Å². The fourth-order valence-electron chi connectivity index (χ4n) is 2.17. The van der Waals surface area contributed by atoms with Gasteiger partial charge in [-0.2, -0.15) is 0 Å². The van der Waals surface area contributed by atoms with Gasteiger partial charge in [-0.25, -0.2) is 9.97 Å². The zero-order valence-corrected chi connectivity index (χ0v) is 12.6. The smallest absolute Gasteiger partial charge is 0.303 e. The van der Waals surface area contributed by atoms with Gasteiger partial charge in [-0.05, 0) is 30.0 Å². The molecular formula is C16H15N3O2S. The summed E-state index contributed by atoms with van der Waals surface area (Å²) in [7, 11) is 0. The van der Waals surface area contributed by atoms with Gasteiger partial charge in [-0.15, -0.1) is 11.3 Å². The highest BCUT2D eigenvalue weighted by molar-refractivity contribution is 7.13. The number of aliphatic carboxylic acids is 1. The first-order chi connectivity index (χ1) is 10.7. The number of benzene rings is 1. The highest BCUT2D eigenvalue weighted by Gasteiger charge is 2.09. The fourth-order valence-corrected chi connectivity index (χ4v) is 2.83. The monoisotopic (exact) mass is 313 g/mol. The number of nitrogens with zero attached hydrogens (tertiary/aromatic N) is 2. The zero-order valence-electron chi connectivity index (χ0n) is 11.8. The Kier molecular flexibility index (Phi) is 4.29. The molecule has 2 heterocycles. The van der Waals surface area contributed by atoms with Crippen LogP contribution in [0.2, 0.25) is 0 Å². The number of nitrogens with one attached hydrogen (secondary N) is 1. The first-order valence-electron chi connectivity index (χ1n) is 7.00. The SMILES string of the molecule is O=C(O)CCCNc1nc(-c2cccs2)nc2ccccc12. The maximum Gasteiger partial charge on any atom is 0.303 e. The van der Waals surface area contributed by atoms with Crippen LogP contribution >= 0.6 is 11.3 Å². The van der Waals surface area contributed by atoms with E-state index in [2.05, 4.69) is 15.3 Å². The highest BCUT2D eigenvalue weighted by Crippen LogP contribution is 2.27. The van der Waals surface area contributed by atoms with Crippen molar-refractivity contribution in [2.45, 2.75) is 12.8 Å². The lowest BCUT2D eigenvalue weighted by molar-refractivity contribution is -0.137. The molecule has 6 heteroatoms. The average molecular weight is 313 g/mol. The fraction of sp³-hybridized carbons (Fsp3) is 0.188. The summed E-state index contributed by atoms with van der Waals surface area (Å²) in [6, 6.07) is 11.8. The second-order valence-electron chi connectivity index (χ2n) is 4.81. The van der Waals surface area contributed by atoms with Crippen molar-refractivity contribution in [1.29, 1.82) is 0 Å². The summed E-state index contributed by atoms with van der Waals surface area (Å²) < 4.78 is 0. The highest BCUT2D eigenvalue weighted by atomic mass is 32.1. The lowest BCUT2D eigenvalue weighted by Gasteiger charge is -2.09. The van der Waals surface area contributed by atoms with Gasteiger partial charge in [0.1, 0.15) is 5.82 Å². The van der Waals surface area contributed by atoms with Gasteiger partial charge in [0, 0.05) is 18.4 Å². The minimum Gasteiger partial charge on any atom is -0.481 e. The van der Waals surface area contributed by atoms with Crippen molar-refractivity contribution in [2.75, 3.05) is 11.9 Å². The number of carbonyl (C=O) groups is 1. The number of hydrogen-bond donors (Lipinski definition) is 2. The van der Waals surface area contributed by atoms with Gasteiger partial charge in [0.25, 0.3) is 0 Å². The van der Waals surface area contributed by atoms with Crippen LogP contribution in [0, 0.1) is 0 Å². The van der Waals surface area contributed by atoms with Crippen molar-refractivity contribution in [3.8, 4) is 10.7 Å². The van der Waals surface area contributed by atoms with Gasteiger partial charge in [0.2, 0.25) is 0 Å². The third kappa shape index (κ3) is 3.23.